The van der Waals surface area contributed by atoms with Gasteiger partial charge in [0.15, 0.2) is 0 Å². The molecule has 1 N–H and O–H groups in total. The van der Waals surface area contributed by atoms with Gasteiger partial charge in [-0.25, -0.2) is 13.8 Å². The molecule has 0 aromatic heterocycles. The molecule has 1 amide bonds. The highest BCUT2D eigenvalue weighted by Crippen LogP contribution is 2.25. The second kappa shape index (κ2) is 11.0. The van der Waals surface area contributed by atoms with E-state index in [1.165, 1.54) is 6.21 Å². The minimum Gasteiger partial charge on any atom is -0.489 e. The number of rotatable bonds is 9. The molecule has 0 bridgehead atoms. The number of thioether (sulfide) groups is 1. The maximum absolute atomic E-state index is 13.4. The van der Waals surface area contributed by atoms with Crippen molar-refractivity contribution in [2.24, 2.45) is 5.10 Å². The van der Waals surface area contributed by atoms with Gasteiger partial charge in [0.2, 0.25) is 0 Å². The molecule has 0 spiro atoms. The number of anilines is 1. The van der Waals surface area contributed by atoms with Crippen LogP contribution in [0.4, 0.5) is 5.69 Å². The summed E-state index contributed by atoms with van der Waals surface area (Å²) in [6.45, 7) is 3.34. The van der Waals surface area contributed by atoms with Gasteiger partial charge in [-0.2, -0.15) is 16.9 Å². The van der Waals surface area contributed by atoms with Crippen LogP contribution in [0.25, 0.3) is 0 Å². The molecule has 7 nitrogen and oxygen atoms in total. The van der Waals surface area contributed by atoms with E-state index in [0.717, 1.165) is 38.3 Å². The Morgan fingerprint density at radius 1 is 1.06 bits per heavy atom. The second-order valence-corrected chi connectivity index (χ2v) is 11.2. The van der Waals surface area contributed by atoms with Gasteiger partial charge in [-0.3, -0.25) is 9.10 Å². The summed E-state index contributed by atoms with van der Waals surface area (Å²) in [5.41, 5.74) is 5.45. The molecule has 3 aromatic carbocycles. The third kappa shape index (κ3) is 6.43. The summed E-state index contributed by atoms with van der Waals surface area (Å²) in [5.74, 6) is 2.26. The summed E-state index contributed by atoms with van der Waals surface area (Å²) in [6, 6.07) is 21.0. The van der Waals surface area contributed by atoms with E-state index in [0.29, 0.717) is 5.69 Å². The number of carbonyl (C=O) groups is 1. The van der Waals surface area contributed by atoms with Crippen LogP contribution < -0.4 is 14.5 Å². The van der Waals surface area contributed by atoms with Gasteiger partial charge in [-0.05, 0) is 73.5 Å². The smallest absolute Gasteiger partial charge is 0.264 e. The quantitative estimate of drug-likeness (QED) is 0.346. The van der Waals surface area contributed by atoms with E-state index in [1.807, 2.05) is 55.9 Å². The normalized spacial score (nSPS) is 13.9. The average molecular weight is 510 g/mol. The number of amides is 1. The number of hydrazone groups is 1. The van der Waals surface area contributed by atoms with E-state index in [4.69, 9.17) is 4.74 Å². The van der Waals surface area contributed by atoms with Gasteiger partial charge >= 0.3 is 0 Å². The molecule has 4 rings (SSSR count). The van der Waals surface area contributed by atoms with E-state index in [9.17, 15) is 13.2 Å². The van der Waals surface area contributed by atoms with Crippen molar-refractivity contribution in [2.45, 2.75) is 24.8 Å². The lowest BCUT2D eigenvalue weighted by Gasteiger charge is -2.25. The predicted molar refractivity (Wildman–Crippen MR) is 141 cm³/mol. The van der Waals surface area contributed by atoms with Crippen molar-refractivity contribution < 1.29 is 17.9 Å². The highest BCUT2D eigenvalue weighted by atomic mass is 32.2. The van der Waals surface area contributed by atoms with Gasteiger partial charge in [0, 0.05) is 11.5 Å². The van der Waals surface area contributed by atoms with Crippen molar-refractivity contribution in [3.05, 3.63) is 89.5 Å². The number of carbonyl (C=O) groups excluding carboxylic acids is 1. The molecule has 0 saturated carbocycles. The van der Waals surface area contributed by atoms with Crippen LogP contribution in [0.15, 0.2) is 82.8 Å². The molecule has 35 heavy (non-hydrogen) atoms. The Hall–Kier alpha value is -3.30. The van der Waals surface area contributed by atoms with Gasteiger partial charge in [-0.1, -0.05) is 29.8 Å². The maximum atomic E-state index is 13.4. The largest absolute Gasteiger partial charge is 0.489 e. The molecule has 0 radical (unpaired) electrons. The number of sulfonamides is 1. The first-order valence-corrected chi connectivity index (χ1v) is 13.7. The summed E-state index contributed by atoms with van der Waals surface area (Å²) in [6.07, 6.45) is 1.78. The predicted octanol–water partition coefficient (Wildman–Crippen LogP) is 4.14. The Morgan fingerprint density at radius 3 is 2.40 bits per heavy atom. The van der Waals surface area contributed by atoms with Gasteiger partial charge in [0.1, 0.15) is 18.4 Å². The Morgan fingerprint density at radius 2 is 1.77 bits per heavy atom. The maximum Gasteiger partial charge on any atom is 0.264 e. The van der Waals surface area contributed by atoms with Crippen LogP contribution >= 0.6 is 11.8 Å². The summed E-state index contributed by atoms with van der Waals surface area (Å²) in [7, 11) is -3.97. The summed E-state index contributed by atoms with van der Waals surface area (Å²) in [4.78, 5) is 12.8. The molecule has 9 heteroatoms. The average Bonchev–Trinajstić information content (AvgIpc) is 2.81. The number of nitrogens with one attached hydrogen (secondary N) is 1. The van der Waals surface area contributed by atoms with Crippen LogP contribution in [0.3, 0.4) is 0 Å². The first-order valence-electron chi connectivity index (χ1n) is 11.1. The third-order valence-corrected chi connectivity index (χ3v) is 8.38. The van der Waals surface area contributed by atoms with Gasteiger partial charge in [0.05, 0.1) is 16.8 Å². The van der Waals surface area contributed by atoms with Crippen LogP contribution in [-0.4, -0.2) is 44.7 Å². The Bertz CT molecular complexity index is 1300. The summed E-state index contributed by atoms with van der Waals surface area (Å²) in [5, 5.41) is 4.00. The van der Waals surface area contributed by atoms with E-state index < -0.39 is 22.5 Å². The van der Waals surface area contributed by atoms with Crippen LogP contribution in [0.5, 0.6) is 5.75 Å². The Labute approximate surface area is 210 Å². The lowest BCUT2D eigenvalue weighted by molar-refractivity contribution is -0.119. The first-order chi connectivity index (χ1) is 16.8. The number of ether oxygens (including phenoxy) is 1. The van der Waals surface area contributed by atoms with E-state index in [1.54, 1.807) is 42.5 Å². The lowest BCUT2D eigenvalue weighted by Crippen LogP contribution is -2.39. The molecule has 1 heterocycles. The fourth-order valence-corrected chi connectivity index (χ4v) is 5.36. The number of hydrogen-bond donors (Lipinski definition) is 1. The zero-order chi connectivity index (χ0) is 24.8. The van der Waals surface area contributed by atoms with Crippen molar-refractivity contribution in [1.29, 1.82) is 0 Å². The molecule has 1 saturated heterocycles. The molecule has 3 aromatic rings. The van der Waals surface area contributed by atoms with E-state index >= 15 is 0 Å². The number of hydrogen-bond acceptors (Lipinski definition) is 6. The minimum absolute atomic E-state index is 0.115. The fourth-order valence-electron chi connectivity index (χ4n) is 3.39. The molecule has 1 fully saturated rings. The molecule has 0 aliphatic carbocycles. The van der Waals surface area contributed by atoms with Gasteiger partial charge < -0.3 is 4.74 Å². The topological polar surface area (TPSA) is 88.1 Å². The van der Waals surface area contributed by atoms with E-state index in [-0.39, 0.29) is 11.0 Å². The summed E-state index contributed by atoms with van der Waals surface area (Å²) < 4.78 is 33.7. The third-order valence-electron chi connectivity index (χ3n) is 5.38. The van der Waals surface area contributed by atoms with Crippen LogP contribution in [-0.2, 0) is 14.8 Å². The van der Waals surface area contributed by atoms with Crippen molar-refractivity contribution in [1.82, 2.24) is 5.43 Å². The number of benzene rings is 3. The Balaban J connectivity index is 1.45. The number of aryl methyl sites for hydroxylation is 2. The minimum atomic E-state index is -3.97. The first kappa shape index (κ1) is 24.8. The molecule has 182 valence electrons. The molecular formula is C26H27N3O4S2. The van der Waals surface area contributed by atoms with Crippen LogP contribution in [0.2, 0.25) is 0 Å². The zero-order valence-corrected chi connectivity index (χ0v) is 21.2. The van der Waals surface area contributed by atoms with Crippen molar-refractivity contribution in [2.75, 3.05) is 22.4 Å². The van der Waals surface area contributed by atoms with Crippen molar-refractivity contribution in [3.8, 4) is 5.75 Å². The van der Waals surface area contributed by atoms with E-state index in [2.05, 4.69) is 10.5 Å². The van der Waals surface area contributed by atoms with Crippen molar-refractivity contribution in [3.63, 3.8) is 0 Å². The highest BCUT2D eigenvalue weighted by Gasteiger charge is 2.27. The highest BCUT2D eigenvalue weighted by molar-refractivity contribution is 8.00. The molecule has 1 aliphatic rings. The fraction of sp³-hybridized carbons (Fsp3) is 0.231. The number of nitrogens with zero attached hydrogens (tertiary/aromatic N) is 2. The molecule has 0 unspecified atom stereocenters. The van der Waals surface area contributed by atoms with Crippen molar-refractivity contribution >= 4 is 39.6 Å². The molecule has 0 atom stereocenters. The van der Waals surface area contributed by atoms with Gasteiger partial charge in [-0.15, -0.1) is 0 Å². The van der Waals surface area contributed by atoms with Crippen LogP contribution in [0, 0.1) is 13.8 Å². The van der Waals surface area contributed by atoms with Crippen LogP contribution in [0.1, 0.15) is 16.7 Å². The second-order valence-electron chi connectivity index (χ2n) is 8.30. The monoisotopic (exact) mass is 509 g/mol. The Kier molecular flexibility index (Phi) is 7.77. The standard InChI is InChI=1S/C26H27N3O4S2/c1-19-6-12-25(13-7-19)35(31,32)29(22-5-3-4-20(2)14-22)16-26(30)28-27-15-21-8-10-23(11-9-21)33-24-17-34-18-24/h3-15,24H,16-18H2,1-2H3,(H,28,30)/b27-15+. The summed E-state index contributed by atoms with van der Waals surface area (Å²) >= 11 is 1.86. The molecule has 1 aliphatic heterocycles. The zero-order valence-electron chi connectivity index (χ0n) is 19.5. The lowest BCUT2D eigenvalue weighted by atomic mass is 10.2. The SMILES string of the molecule is Cc1ccc(S(=O)(=O)N(CC(=O)N/N=C/c2ccc(OC3CSC3)cc2)c2cccc(C)c2)cc1. The van der Waals surface area contributed by atoms with Gasteiger partial charge in [0.25, 0.3) is 15.9 Å². The molecular weight excluding hydrogens is 482 g/mol.